The zero-order valence-electron chi connectivity index (χ0n) is 17.5. The molecule has 0 spiro atoms. The molecule has 0 fully saturated rings. The summed E-state index contributed by atoms with van der Waals surface area (Å²) in [6.07, 6.45) is 4.25. The van der Waals surface area contributed by atoms with E-state index in [9.17, 15) is 14.4 Å². The molecule has 0 heterocycles. The van der Waals surface area contributed by atoms with Gasteiger partial charge in [0.25, 0.3) is 11.8 Å². The van der Waals surface area contributed by atoms with E-state index in [-0.39, 0.29) is 23.5 Å². The molecule has 2 N–H and O–H groups in total. The van der Waals surface area contributed by atoms with E-state index in [1.165, 1.54) is 0 Å². The molecule has 0 saturated carbocycles. The van der Waals surface area contributed by atoms with E-state index >= 15 is 0 Å². The molecule has 0 aliphatic rings. The van der Waals surface area contributed by atoms with Crippen LogP contribution in [0.2, 0.25) is 0 Å². The van der Waals surface area contributed by atoms with Crippen LogP contribution in [-0.2, 0) is 14.3 Å². The third kappa shape index (κ3) is 9.17. The summed E-state index contributed by atoms with van der Waals surface area (Å²) in [6.45, 7) is 2.61. The van der Waals surface area contributed by atoms with Crippen molar-refractivity contribution in [3.8, 4) is 0 Å². The molecule has 0 bridgehead atoms. The van der Waals surface area contributed by atoms with Crippen LogP contribution in [0.3, 0.4) is 0 Å². The molecule has 6 nitrogen and oxygen atoms in total. The number of amides is 2. The van der Waals surface area contributed by atoms with Crippen LogP contribution in [0.25, 0.3) is 6.08 Å². The van der Waals surface area contributed by atoms with Crippen LogP contribution in [0.1, 0.15) is 48.5 Å². The summed E-state index contributed by atoms with van der Waals surface area (Å²) in [5, 5.41) is 5.56. The minimum Gasteiger partial charge on any atom is -0.466 e. The number of esters is 1. The zero-order chi connectivity index (χ0) is 22.5. The summed E-state index contributed by atoms with van der Waals surface area (Å²) in [5.74, 6) is -0.930. The first-order chi connectivity index (χ1) is 15.0. The predicted molar refractivity (Wildman–Crippen MR) is 124 cm³/mol. The lowest BCUT2D eigenvalue weighted by molar-refractivity contribution is -0.143. The third-order valence-electron chi connectivity index (χ3n) is 4.34. The van der Waals surface area contributed by atoms with Gasteiger partial charge in [0, 0.05) is 23.0 Å². The van der Waals surface area contributed by atoms with Crippen LogP contribution in [0.4, 0.5) is 0 Å². The van der Waals surface area contributed by atoms with Crippen LogP contribution >= 0.6 is 15.9 Å². The Hall–Kier alpha value is -2.93. The molecule has 0 radical (unpaired) electrons. The maximum atomic E-state index is 12.7. The van der Waals surface area contributed by atoms with Crippen molar-refractivity contribution in [2.24, 2.45) is 0 Å². The quantitative estimate of drug-likeness (QED) is 0.279. The Morgan fingerprint density at radius 2 is 1.77 bits per heavy atom. The van der Waals surface area contributed by atoms with Crippen molar-refractivity contribution < 1.29 is 19.1 Å². The normalized spacial score (nSPS) is 11.0. The first-order valence-corrected chi connectivity index (χ1v) is 11.1. The topological polar surface area (TPSA) is 84.5 Å². The largest absolute Gasteiger partial charge is 0.466 e. The number of rotatable bonds is 11. The highest BCUT2D eigenvalue weighted by Crippen LogP contribution is 2.13. The van der Waals surface area contributed by atoms with Gasteiger partial charge in [0.15, 0.2) is 0 Å². The van der Waals surface area contributed by atoms with E-state index in [0.717, 1.165) is 22.9 Å². The van der Waals surface area contributed by atoms with Crippen molar-refractivity contribution in [1.29, 1.82) is 0 Å². The summed E-state index contributed by atoms with van der Waals surface area (Å²) in [5.41, 5.74) is 1.42. The summed E-state index contributed by atoms with van der Waals surface area (Å²) < 4.78 is 5.67. The van der Waals surface area contributed by atoms with Crippen molar-refractivity contribution in [3.63, 3.8) is 0 Å². The first kappa shape index (κ1) is 24.3. The molecule has 0 aliphatic heterocycles. The van der Waals surface area contributed by atoms with Gasteiger partial charge in [-0.2, -0.15) is 0 Å². The number of carbonyl (C=O) groups excluding carboxylic acids is 3. The maximum absolute atomic E-state index is 12.7. The van der Waals surface area contributed by atoms with E-state index in [2.05, 4.69) is 26.6 Å². The van der Waals surface area contributed by atoms with Crippen molar-refractivity contribution in [2.45, 2.75) is 32.6 Å². The first-order valence-electron chi connectivity index (χ1n) is 10.3. The monoisotopic (exact) mass is 486 g/mol. The van der Waals surface area contributed by atoms with Gasteiger partial charge in [-0.05, 0) is 49.6 Å². The molecule has 0 saturated heterocycles. The van der Waals surface area contributed by atoms with Gasteiger partial charge in [-0.3, -0.25) is 14.4 Å². The van der Waals surface area contributed by atoms with E-state index in [1.807, 2.05) is 36.4 Å². The summed E-state index contributed by atoms with van der Waals surface area (Å²) >= 11 is 3.35. The Balaban J connectivity index is 1.95. The van der Waals surface area contributed by atoms with Gasteiger partial charge < -0.3 is 15.4 Å². The molecule has 2 aromatic carbocycles. The lowest BCUT2D eigenvalue weighted by Gasteiger charge is -2.11. The van der Waals surface area contributed by atoms with Crippen LogP contribution < -0.4 is 10.6 Å². The van der Waals surface area contributed by atoms with Crippen LogP contribution in [-0.4, -0.2) is 30.9 Å². The molecule has 0 aromatic heterocycles. The molecule has 31 heavy (non-hydrogen) atoms. The highest BCUT2D eigenvalue weighted by molar-refractivity contribution is 9.10. The fourth-order valence-corrected chi connectivity index (χ4v) is 3.20. The minimum atomic E-state index is -0.368. The van der Waals surface area contributed by atoms with Crippen LogP contribution in [0, 0.1) is 0 Å². The smallest absolute Gasteiger partial charge is 0.305 e. The predicted octanol–water partition coefficient (Wildman–Crippen LogP) is 4.46. The van der Waals surface area contributed by atoms with Gasteiger partial charge in [-0.25, -0.2) is 0 Å². The second-order valence-corrected chi connectivity index (χ2v) is 7.72. The number of benzene rings is 2. The Kier molecular flexibility index (Phi) is 10.5. The zero-order valence-corrected chi connectivity index (χ0v) is 19.1. The van der Waals surface area contributed by atoms with E-state index in [1.54, 1.807) is 31.2 Å². The molecule has 0 aliphatic carbocycles. The average Bonchev–Trinajstić information content (AvgIpc) is 2.76. The standard InChI is InChI=1S/C24H27BrN2O4/c1-2-31-22(28)14-7-4-8-15-26-24(30)21(16-18-10-5-3-6-11-18)27-23(29)19-12-9-13-20(25)17-19/h3,5-6,9-13,16-17H,2,4,7-8,14-15H2,1H3,(H,26,30)(H,27,29). The molecular weight excluding hydrogens is 460 g/mol. The van der Waals surface area contributed by atoms with E-state index in [4.69, 9.17) is 4.74 Å². The highest BCUT2D eigenvalue weighted by atomic mass is 79.9. The molecule has 7 heteroatoms. The second kappa shape index (κ2) is 13.4. The Morgan fingerprint density at radius 3 is 2.48 bits per heavy atom. The molecule has 0 atom stereocenters. The lowest BCUT2D eigenvalue weighted by Crippen LogP contribution is -2.35. The van der Waals surface area contributed by atoms with Gasteiger partial charge in [-0.1, -0.05) is 58.7 Å². The Morgan fingerprint density at radius 1 is 1.00 bits per heavy atom. The molecule has 0 unspecified atom stereocenters. The number of halogens is 1. The Bertz CT molecular complexity index is 913. The van der Waals surface area contributed by atoms with Crippen molar-refractivity contribution in [3.05, 3.63) is 75.9 Å². The fraction of sp³-hybridized carbons (Fsp3) is 0.292. The number of ether oxygens (including phenoxy) is 1. The SMILES string of the molecule is CCOC(=O)CCCCCNC(=O)C(=Cc1ccccc1)NC(=O)c1cccc(Br)c1. The van der Waals surface area contributed by atoms with Crippen molar-refractivity contribution in [2.75, 3.05) is 13.2 Å². The molecule has 2 amide bonds. The molecule has 2 aromatic rings. The van der Waals surface area contributed by atoms with Crippen molar-refractivity contribution >= 4 is 39.8 Å². The maximum Gasteiger partial charge on any atom is 0.305 e. The number of nitrogens with one attached hydrogen (secondary N) is 2. The third-order valence-corrected chi connectivity index (χ3v) is 4.83. The average molecular weight is 487 g/mol. The molecule has 164 valence electrons. The second-order valence-electron chi connectivity index (χ2n) is 6.80. The van der Waals surface area contributed by atoms with Crippen molar-refractivity contribution in [1.82, 2.24) is 10.6 Å². The number of carbonyl (C=O) groups is 3. The lowest BCUT2D eigenvalue weighted by atomic mass is 10.1. The van der Waals surface area contributed by atoms with Gasteiger partial charge in [0.2, 0.25) is 0 Å². The number of hydrogen-bond donors (Lipinski definition) is 2. The number of unbranched alkanes of at least 4 members (excludes halogenated alkanes) is 2. The Labute approximate surface area is 191 Å². The van der Waals surface area contributed by atoms with Crippen LogP contribution in [0.15, 0.2) is 64.8 Å². The van der Waals surface area contributed by atoms with Gasteiger partial charge in [0.1, 0.15) is 5.70 Å². The minimum absolute atomic E-state index is 0.169. The van der Waals surface area contributed by atoms with Gasteiger partial charge >= 0.3 is 5.97 Å². The number of hydrogen-bond acceptors (Lipinski definition) is 4. The highest BCUT2D eigenvalue weighted by Gasteiger charge is 2.14. The summed E-state index contributed by atoms with van der Waals surface area (Å²) in [7, 11) is 0. The summed E-state index contributed by atoms with van der Waals surface area (Å²) in [6, 6.07) is 16.3. The van der Waals surface area contributed by atoms with Gasteiger partial charge in [0.05, 0.1) is 6.61 Å². The summed E-state index contributed by atoms with van der Waals surface area (Å²) in [4.78, 5) is 36.7. The van der Waals surface area contributed by atoms with Gasteiger partial charge in [-0.15, -0.1) is 0 Å². The van der Waals surface area contributed by atoms with E-state index < -0.39 is 0 Å². The molecule has 2 rings (SSSR count). The fourth-order valence-electron chi connectivity index (χ4n) is 2.80. The van der Waals surface area contributed by atoms with E-state index in [0.29, 0.717) is 31.6 Å². The molecular formula is C24H27BrN2O4. The van der Waals surface area contributed by atoms with Crippen LogP contribution in [0.5, 0.6) is 0 Å².